The summed E-state index contributed by atoms with van der Waals surface area (Å²) in [5.74, 6) is 0. The molecule has 0 radical (unpaired) electrons. The Labute approximate surface area is 60.0 Å². The lowest BCUT2D eigenvalue weighted by atomic mass is 10.2. The summed E-state index contributed by atoms with van der Waals surface area (Å²) < 4.78 is 24.2. The van der Waals surface area contributed by atoms with Gasteiger partial charge in [0.05, 0.1) is 6.04 Å². The van der Waals surface area contributed by atoms with E-state index in [1.807, 2.05) is 6.92 Å². The fourth-order valence-electron chi connectivity index (χ4n) is 1.45. The maximum atomic E-state index is 12.1. The van der Waals surface area contributed by atoms with E-state index in [1.54, 1.807) is 11.9 Å². The highest BCUT2D eigenvalue weighted by atomic mass is 19.3. The third-order valence-corrected chi connectivity index (χ3v) is 2.39. The van der Waals surface area contributed by atoms with Gasteiger partial charge in [0.2, 0.25) is 0 Å². The van der Waals surface area contributed by atoms with Crippen molar-refractivity contribution in [2.24, 2.45) is 0 Å². The van der Waals surface area contributed by atoms with Gasteiger partial charge in [-0.3, -0.25) is 4.90 Å². The van der Waals surface area contributed by atoms with Crippen molar-refractivity contribution in [3.63, 3.8) is 0 Å². The van der Waals surface area contributed by atoms with Gasteiger partial charge in [-0.25, -0.2) is 8.78 Å². The summed E-state index contributed by atoms with van der Waals surface area (Å²) in [7, 11) is 1.77. The molecule has 1 saturated heterocycles. The fourth-order valence-corrected chi connectivity index (χ4v) is 1.45. The van der Waals surface area contributed by atoms with E-state index in [9.17, 15) is 8.78 Å². The van der Waals surface area contributed by atoms with Crippen molar-refractivity contribution in [3.05, 3.63) is 0 Å². The van der Waals surface area contributed by atoms with Crippen molar-refractivity contribution in [1.29, 1.82) is 0 Å². The standard InChI is InChI=1S/C7H13F2N/c1-5-3-4-6(7(8)9)10(5)2/h5-7H,3-4H2,1-2H3. The van der Waals surface area contributed by atoms with Crippen molar-refractivity contribution in [2.75, 3.05) is 7.05 Å². The first kappa shape index (κ1) is 7.92. The first-order valence-corrected chi connectivity index (χ1v) is 3.63. The van der Waals surface area contributed by atoms with Crippen molar-refractivity contribution in [2.45, 2.75) is 38.3 Å². The molecule has 0 aromatic rings. The van der Waals surface area contributed by atoms with Crippen LogP contribution >= 0.6 is 0 Å². The molecule has 0 aliphatic carbocycles. The van der Waals surface area contributed by atoms with Crippen LogP contribution in [0.1, 0.15) is 19.8 Å². The van der Waals surface area contributed by atoms with Gasteiger partial charge in [-0.15, -0.1) is 0 Å². The van der Waals surface area contributed by atoms with Crippen LogP contribution in [0.3, 0.4) is 0 Å². The number of alkyl halides is 2. The van der Waals surface area contributed by atoms with E-state index in [1.165, 1.54) is 0 Å². The maximum Gasteiger partial charge on any atom is 0.253 e. The number of hydrogen-bond acceptors (Lipinski definition) is 1. The molecule has 0 aromatic heterocycles. The average molecular weight is 149 g/mol. The van der Waals surface area contributed by atoms with Crippen LogP contribution in [0.5, 0.6) is 0 Å². The topological polar surface area (TPSA) is 3.24 Å². The van der Waals surface area contributed by atoms with Gasteiger partial charge < -0.3 is 0 Å². The molecule has 2 unspecified atom stereocenters. The number of hydrogen-bond donors (Lipinski definition) is 0. The summed E-state index contributed by atoms with van der Waals surface area (Å²) in [6.07, 6.45) is -0.615. The SMILES string of the molecule is CC1CCC(C(F)F)N1C. The van der Waals surface area contributed by atoms with Crippen molar-refractivity contribution in [1.82, 2.24) is 4.90 Å². The second-order valence-corrected chi connectivity index (χ2v) is 2.99. The first-order valence-electron chi connectivity index (χ1n) is 3.63. The lowest BCUT2D eigenvalue weighted by Crippen LogP contribution is -2.35. The maximum absolute atomic E-state index is 12.1. The molecule has 2 atom stereocenters. The van der Waals surface area contributed by atoms with E-state index < -0.39 is 12.5 Å². The molecule has 3 heteroatoms. The highest BCUT2D eigenvalue weighted by Gasteiger charge is 2.33. The van der Waals surface area contributed by atoms with Gasteiger partial charge in [-0.1, -0.05) is 0 Å². The van der Waals surface area contributed by atoms with Crippen LogP contribution in [0.4, 0.5) is 8.78 Å². The minimum absolute atomic E-state index is 0.332. The zero-order valence-corrected chi connectivity index (χ0v) is 6.35. The second kappa shape index (κ2) is 2.82. The smallest absolute Gasteiger partial charge is 0.253 e. The molecule has 0 aromatic carbocycles. The Morgan fingerprint density at radius 3 is 2.20 bits per heavy atom. The highest BCUT2D eigenvalue weighted by Crippen LogP contribution is 2.25. The molecule has 1 aliphatic rings. The molecule has 1 heterocycles. The summed E-state index contributed by atoms with van der Waals surface area (Å²) in [4.78, 5) is 1.77. The van der Waals surface area contributed by atoms with Gasteiger partial charge in [0, 0.05) is 6.04 Å². The van der Waals surface area contributed by atoms with Crippen molar-refractivity contribution >= 4 is 0 Å². The molecule has 1 nitrogen and oxygen atoms in total. The van der Waals surface area contributed by atoms with Crippen LogP contribution in [0.15, 0.2) is 0 Å². The molecule has 0 N–H and O–H groups in total. The lowest BCUT2D eigenvalue weighted by molar-refractivity contribution is 0.0492. The van der Waals surface area contributed by atoms with Gasteiger partial charge in [0.15, 0.2) is 0 Å². The molecule has 0 saturated carbocycles. The molecule has 10 heavy (non-hydrogen) atoms. The van der Waals surface area contributed by atoms with Crippen molar-refractivity contribution in [3.8, 4) is 0 Å². The molecule has 0 spiro atoms. The molecular weight excluding hydrogens is 136 g/mol. The Balaban J connectivity index is 2.49. The largest absolute Gasteiger partial charge is 0.295 e. The van der Waals surface area contributed by atoms with Gasteiger partial charge in [0.25, 0.3) is 6.43 Å². The molecule has 1 fully saturated rings. The molecule has 0 bridgehead atoms. The predicted molar refractivity (Wildman–Crippen MR) is 36.3 cm³/mol. The normalized spacial score (nSPS) is 35.7. The molecular formula is C7H13F2N. The summed E-state index contributed by atoms with van der Waals surface area (Å²) in [6.45, 7) is 1.99. The summed E-state index contributed by atoms with van der Waals surface area (Å²) in [6, 6.07) is -0.158. The zero-order valence-electron chi connectivity index (χ0n) is 6.35. The first-order chi connectivity index (χ1) is 4.63. The lowest BCUT2D eigenvalue weighted by Gasteiger charge is -2.21. The van der Waals surface area contributed by atoms with Gasteiger partial charge >= 0.3 is 0 Å². The van der Waals surface area contributed by atoms with Crippen molar-refractivity contribution < 1.29 is 8.78 Å². The van der Waals surface area contributed by atoms with Crippen LogP contribution < -0.4 is 0 Å². The zero-order chi connectivity index (χ0) is 7.72. The highest BCUT2D eigenvalue weighted by molar-refractivity contribution is 4.83. The van der Waals surface area contributed by atoms with Crippen LogP contribution in [0, 0.1) is 0 Å². The van der Waals surface area contributed by atoms with Crippen LogP contribution in [0.2, 0.25) is 0 Å². The predicted octanol–water partition coefficient (Wildman–Crippen LogP) is 1.73. The Morgan fingerprint density at radius 1 is 1.40 bits per heavy atom. The Bertz CT molecular complexity index is 116. The molecule has 0 amide bonds. The minimum atomic E-state index is -2.17. The number of likely N-dealkylation sites (tertiary alicyclic amines) is 1. The van der Waals surface area contributed by atoms with E-state index in [-0.39, 0.29) is 0 Å². The van der Waals surface area contributed by atoms with Crippen LogP contribution in [-0.4, -0.2) is 30.5 Å². The van der Waals surface area contributed by atoms with Crippen LogP contribution in [-0.2, 0) is 0 Å². The van der Waals surface area contributed by atoms with E-state index >= 15 is 0 Å². The van der Waals surface area contributed by atoms with Crippen LogP contribution in [0.25, 0.3) is 0 Å². The van der Waals surface area contributed by atoms with E-state index in [4.69, 9.17) is 0 Å². The average Bonchev–Trinajstić information content (AvgIpc) is 2.14. The fraction of sp³-hybridized carbons (Fsp3) is 1.00. The van der Waals surface area contributed by atoms with E-state index in [0.717, 1.165) is 6.42 Å². The minimum Gasteiger partial charge on any atom is -0.295 e. The second-order valence-electron chi connectivity index (χ2n) is 2.99. The quantitative estimate of drug-likeness (QED) is 0.549. The monoisotopic (exact) mass is 149 g/mol. The summed E-state index contributed by atoms with van der Waals surface area (Å²) in [5, 5.41) is 0. The van der Waals surface area contributed by atoms with E-state index in [2.05, 4.69) is 0 Å². The Kier molecular flexibility index (Phi) is 2.24. The number of rotatable bonds is 1. The Hall–Kier alpha value is -0.180. The van der Waals surface area contributed by atoms with Gasteiger partial charge in [-0.2, -0.15) is 0 Å². The summed E-state index contributed by atoms with van der Waals surface area (Å²) in [5.41, 5.74) is 0. The molecule has 1 rings (SSSR count). The number of nitrogens with zero attached hydrogens (tertiary/aromatic N) is 1. The van der Waals surface area contributed by atoms with Gasteiger partial charge in [-0.05, 0) is 26.8 Å². The van der Waals surface area contributed by atoms with E-state index in [0.29, 0.717) is 12.5 Å². The van der Waals surface area contributed by atoms with Gasteiger partial charge in [0.1, 0.15) is 0 Å². The molecule has 1 aliphatic heterocycles. The number of halogens is 2. The molecule has 60 valence electrons. The summed E-state index contributed by atoms with van der Waals surface area (Å²) >= 11 is 0. The third kappa shape index (κ3) is 1.29. The third-order valence-electron chi connectivity index (χ3n) is 2.39. The Morgan fingerprint density at radius 2 is 2.00 bits per heavy atom.